The predicted molar refractivity (Wildman–Crippen MR) is 156 cm³/mol. The molecule has 39 heavy (non-hydrogen) atoms. The minimum atomic E-state index is -3.46. The van der Waals surface area contributed by atoms with Gasteiger partial charge in [0.15, 0.2) is 0 Å². The molecule has 1 unspecified atom stereocenters. The van der Waals surface area contributed by atoms with Gasteiger partial charge in [-0.15, -0.1) is 22.0 Å². The van der Waals surface area contributed by atoms with Gasteiger partial charge in [0, 0.05) is 11.3 Å². The molecule has 4 aromatic rings. The van der Waals surface area contributed by atoms with Crippen molar-refractivity contribution in [2.45, 2.75) is 18.6 Å². The molecule has 0 spiro atoms. The smallest absolute Gasteiger partial charge is 0.264 e. The van der Waals surface area contributed by atoms with E-state index >= 15 is 0 Å². The van der Waals surface area contributed by atoms with Gasteiger partial charge in [0.1, 0.15) is 5.75 Å². The van der Waals surface area contributed by atoms with E-state index in [-0.39, 0.29) is 12.5 Å². The van der Waals surface area contributed by atoms with E-state index < -0.39 is 10.1 Å². The first kappa shape index (κ1) is 28.6. The molecule has 0 saturated heterocycles. The molecule has 1 heterocycles. The van der Waals surface area contributed by atoms with Crippen LogP contribution in [0.4, 0.5) is 0 Å². The van der Waals surface area contributed by atoms with Crippen LogP contribution in [-0.4, -0.2) is 43.8 Å². The van der Waals surface area contributed by atoms with Crippen LogP contribution >= 0.6 is 11.8 Å². The average Bonchev–Trinajstić information content (AvgIpc) is 3.41. The zero-order valence-corrected chi connectivity index (χ0v) is 23.4. The number of benzene rings is 3. The van der Waals surface area contributed by atoms with Gasteiger partial charge in [-0.25, -0.2) is 0 Å². The van der Waals surface area contributed by atoms with Crippen molar-refractivity contribution in [3.8, 4) is 17.2 Å². The molecule has 0 radical (unpaired) electrons. The topological polar surface area (TPSA) is 91.5 Å². The van der Waals surface area contributed by atoms with Crippen molar-refractivity contribution in [1.29, 1.82) is 0 Å². The van der Waals surface area contributed by atoms with Gasteiger partial charge in [-0.3, -0.25) is 4.18 Å². The van der Waals surface area contributed by atoms with Crippen molar-refractivity contribution >= 4 is 28.0 Å². The van der Waals surface area contributed by atoms with E-state index in [2.05, 4.69) is 28.4 Å². The molecule has 204 valence electrons. The summed E-state index contributed by atoms with van der Waals surface area (Å²) < 4.78 is 39.3. The minimum absolute atomic E-state index is 0.128. The molecule has 0 N–H and O–H groups in total. The molecule has 0 aliphatic heterocycles. The maximum absolute atomic E-state index is 11.4. The summed E-state index contributed by atoms with van der Waals surface area (Å²) in [5.41, 5.74) is 3.07. The number of allylic oxidation sites excluding steroid dienone is 1. The number of hydrogen-bond acceptors (Lipinski definition) is 8. The number of para-hydroxylation sites is 1. The third-order valence-electron chi connectivity index (χ3n) is 5.78. The van der Waals surface area contributed by atoms with Crippen molar-refractivity contribution in [3.63, 3.8) is 0 Å². The van der Waals surface area contributed by atoms with Gasteiger partial charge < -0.3 is 9.15 Å². The highest BCUT2D eigenvalue weighted by atomic mass is 32.2. The molecule has 9 heteroatoms. The van der Waals surface area contributed by atoms with Crippen LogP contribution in [0.15, 0.2) is 95.4 Å². The summed E-state index contributed by atoms with van der Waals surface area (Å²) in [4.78, 5) is 0. The fourth-order valence-corrected chi connectivity index (χ4v) is 4.88. The molecular formula is C30H32N2O5S2. The molecular weight excluding hydrogens is 532 g/mol. The lowest BCUT2D eigenvalue weighted by molar-refractivity contribution is 0.297. The van der Waals surface area contributed by atoms with E-state index in [1.165, 1.54) is 5.56 Å². The van der Waals surface area contributed by atoms with Gasteiger partial charge in [-0.2, -0.15) is 8.42 Å². The molecule has 7 nitrogen and oxygen atoms in total. The minimum Gasteiger partial charge on any atom is -0.493 e. The molecule has 1 aromatic heterocycles. The summed E-state index contributed by atoms with van der Waals surface area (Å²) in [5.74, 6) is 3.50. The lowest BCUT2D eigenvalue weighted by atomic mass is 9.95. The Hall–Kier alpha value is -3.40. The van der Waals surface area contributed by atoms with Crippen LogP contribution in [0.3, 0.4) is 0 Å². The SMILES string of the molecule is CS(=O)(=O)OCCC(C=Cc1ccc(-c2nnc(CSCCOc3ccccc3)o2)cc1)Cc1ccccc1. The fraction of sp³-hybridized carbons (Fsp3) is 0.267. The van der Waals surface area contributed by atoms with Crippen LogP contribution in [0.25, 0.3) is 17.5 Å². The van der Waals surface area contributed by atoms with Crippen molar-refractivity contribution in [2.24, 2.45) is 5.92 Å². The number of thioether (sulfide) groups is 1. The molecule has 0 saturated carbocycles. The van der Waals surface area contributed by atoms with Crippen molar-refractivity contribution < 1.29 is 21.8 Å². The highest BCUT2D eigenvalue weighted by Gasteiger charge is 2.11. The molecule has 3 aromatic carbocycles. The standard InChI is InChI=1S/C30H32N2O5S2/c1-39(33,34)36-19-18-26(22-25-8-4-2-5-9-25)13-12-24-14-16-27(17-15-24)30-32-31-29(37-30)23-38-21-20-35-28-10-6-3-7-11-28/h2-17,26H,18-23H2,1H3. The van der Waals surface area contributed by atoms with Crippen LogP contribution in [0.1, 0.15) is 23.4 Å². The first-order valence-corrected chi connectivity index (χ1v) is 15.7. The zero-order chi connectivity index (χ0) is 27.3. The van der Waals surface area contributed by atoms with Gasteiger partial charge in [0.2, 0.25) is 11.8 Å². The van der Waals surface area contributed by atoms with Crippen molar-refractivity contribution in [2.75, 3.05) is 25.2 Å². The van der Waals surface area contributed by atoms with Gasteiger partial charge in [-0.05, 0) is 54.2 Å². The third kappa shape index (κ3) is 10.4. The third-order valence-corrected chi connectivity index (χ3v) is 7.28. The van der Waals surface area contributed by atoms with Gasteiger partial charge in [0.05, 0.1) is 25.2 Å². The molecule has 4 rings (SSSR count). The Morgan fingerprint density at radius 1 is 0.923 bits per heavy atom. The quantitative estimate of drug-likeness (QED) is 0.123. The van der Waals surface area contributed by atoms with Crippen LogP contribution in [0.2, 0.25) is 0 Å². The molecule has 1 atom stereocenters. The molecule has 0 amide bonds. The van der Waals surface area contributed by atoms with E-state index in [4.69, 9.17) is 13.3 Å². The Morgan fingerprint density at radius 2 is 1.64 bits per heavy atom. The highest BCUT2D eigenvalue weighted by molar-refractivity contribution is 7.98. The zero-order valence-electron chi connectivity index (χ0n) is 21.8. The van der Waals surface area contributed by atoms with Crippen molar-refractivity contribution in [1.82, 2.24) is 10.2 Å². The van der Waals surface area contributed by atoms with E-state index in [1.54, 1.807) is 11.8 Å². The summed E-state index contributed by atoms with van der Waals surface area (Å²) in [6.45, 7) is 0.763. The number of ether oxygens (including phenoxy) is 1. The van der Waals surface area contributed by atoms with E-state index in [1.807, 2.05) is 78.9 Å². The lowest BCUT2D eigenvalue weighted by Gasteiger charge is -2.13. The first-order chi connectivity index (χ1) is 18.9. The molecule has 0 aliphatic rings. The van der Waals surface area contributed by atoms with E-state index in [0.717, 1.165) is 35.3 Å². The molecule has 0 bridgehead atoms. The molecule has 0 aliphatic carbocycles. The van der Waals surface area contributed by atoms with E-state index in [9.17, 15) is 8.42 Å². The van der Waals surface area contributed by atoms with Gasteiger partial charge in [0.25, 0.3) is 10.1 Å². The monoisotopic (exact) mass is 564 g/mol. The first-order valence-electron chi connectivity index (χ1n) is 12.7. The van der Waals surface area contributed by atoms with Crippen LogP contribution < -0.4 is 4.74 Å². The second-order valence-electron chi connectivity index (χ2n) is 8.96. The summed E-state index contributed by atoms with van der Waals surface area (Å²) in [5, 5.41) is 8.36. The Bertz CT molecular complexity index is 1410. The number of hydrogen-bond donors (Lipinski definition) is 0. The fourth-order valence-electron chi connectivity index (χ4n) is 3.84. The Balaban J connectivity index is 1.28. The summed E-state index contributed by atoms with van der Waals surface area (Å²) in [6.07, 6.45) is 6.62. The maximum Gasteiger partial charge on any atom is 0.264 e. The summed E-state index contributed by atoms with van der Waals surface area (Å²) >= 11 is 1.68. The molecule has 0 fully saturated rings. The Kier molecular flexibility index (Phi) is 10.8. The number of aromatic nitrogens is 2. The average molecular weight is 565 g/mol. The number of rotatable bonds is 15. The second kappa shape index (κ2) is 14.7. The maximum atomic E-state index is 11.4. The lowest BCUT2D eigenvalue weighted by Crippen LogP contribution is -2.10. The summed E-state index contributed by atoms with van der Waals surface area (Å²) in [6, 6.07) is 27.8. The predicted octanol–water partition coefficient (Wildman–Crippen LogP) is 6.29. The number of nitrogens with zero attached hydrogens (tertiary/aromatic N) is 2. The highest BCUT2D eigenvalue weighted by Crippen LogP contribution is 2.22. The van der Waals surface area contributed by atoms with Crippen LogP contribution in [-0.2, 0) is 26.5 Å². The van der Waals surface area contributed by atoms with Crippen LogP contribution in [0.5, 0.6) is 5.75 Å². The normalized spacial score (nSPS) is 12.5. The van der Waals surface area contributed by atoms with Gasteiger partial charge in [-0.1, -0.05) is 72.8 Å². The van der Waals surface area contributed by atoms with Gasteiger partial charge >= 0.3 is 0 Å². The van der Waals surface area contributed by atoms with Crippen molar-refractivity contribution in [3.05, 3.63) is 108 Å². The second-order valence-corrected chi connectivity index (χ2v) is 11.7. The Labute approximate surface area is 234 Å². The van der Waals surface area contributed by atoms with E-state index in [0.29, 0.717) is 30.6 Å². The summed E-state index contributed by atoms with van der Waals surface area (Å²) in [7, 11) is -3.46. The largest absolute Gasteiger partial charge is 0.493 e. The van der Waals surface area contributed by atoms with Crippen LogP contribution in [0, 0.1) is 5.92 Å². The Morgan fingerprint density at radius 3 is 2.36 bits per heavy atom.